The number of hydrogen-bond donors (Lipinski definition) is 1. The normalized spacial score (nSPS) is 19.3. The zero-order chi connectivity index (χ0) is 14.7. The molecule has 1 heterocycles. The van der Waals surface area contributed by atoms with Gasteiger partial charge in [-0.3, -0.25) is 19.3 Å². The molecule has 2 rings (SSSR count). The molecule has 1 aliphatic carbocycles. The van der Waals surface area contributed by atoms with Crippen LogP contribution < -0.4 is 0 Å². The molecule has 0 aromatic carbocycles. The van der Waals surface area contributed by atoms with Gasteiger partial charge in [-0.15, -0.1) is 0 Å². The van der Waals surface area contributed by atoms with Crippen LogP contribution in [0.1, 0.15) is 19.8 Å². The second-order valence-corrected chi connectivity index (χ2v) is 5.42. The summed E-state index contributed by atoms with van der Waals surface area (Å²) in [4.78, 5) is 39.4. The van der Waals surface area contributed by atoms with Crippen molar-refractivity contribution in [2.45, 2.75) is 25.8 Å². The highest BCUT2D eigenvalue weighted by atomic mass is 16.4. The summed E-state index contributed by atoms with van der Waals surface area (Å²) < 4.78 is 0. The molecular weight excluding hydrogens is 262 g/mol. The van der Waals surface area contributed by atoms with Crippen molar-refractivity contribution in [2.24, 2.45) is 0 Å². The van der Waals surface area contributed by atoms with Crippen molar-refractivity contribution in [1.82, 2.24) is 14.7 Å². The SMILES string of the molecule is CC(=O)N1CCN(C(=O)CN(CC(=O)O)C2CC2)CC1. The van der Waals surface area contributed by atoms with Gasteiger partial charge in [-0.2, -0.15) is 0 Å². The van der Waals surface area contributed by atoms with Crippen LogP contribution in [0.5, 0.6) is 0 Å². The van der Waals surface area contributed by atoms with Gasteiger partial charge >= 0.3 is 5.97 Å². The van der Waals surface area contributed by atoms with Crippen molar-refractivity contribution in [2.75, 3.05) is 39.3 Å². The number of carbonyl (C=O) groups excluding carboxylic acids is 2. The molecule has 7 heteroatoms. The first-order valence-electron chi connectivity index (χ1n) is 6.96. The van der Waals surface area contributed by atoms with Gasteiger partial charge in [0.25, 0.3) is 0 Å². The maximum Gasteiger partial charge on any atom is 0.317 e. The van der Waals surface area contributed by atoms with Gasteiger partial charge in [0.05, 0.1) is 13.1 Å². The molecular formula is C13H21N3O4. The van der Waals surface area contributed by atoms with E-state index in [9.17, 15) is 14.4 Å². The molecule has 0 atom stereocenters. The molecule has 0 unspecified atom stereocenters. The molecule has 112 valence electrons. The minimum Gasteiger partial charge on any atom is -0.480 e. The van der Waals surface area contributed by atoms with Gasteiger partial charge in [0, 0.05) is 39.1 Å². The zero-order valence-electron chi connectivity index (χ0n) is 11.7. The van der Waals surface area contributed by atoms with E-state index in [1.54, 1.807) is 14.7 Å². The third kappa shape index (κ3) is 3.93. The van der Waals surface area contributed by atoms with E-state index in [4.69, 9.17) is 5.11 Å². The summed E-state index contributed by atoms with van der Waals surface area (Å²) in [6, 6.07) is 0.244. The molecule has 0 aromatic heterocycles. The van der Waals surface area contributed by atoms with Crippen molar-refractivity contribution >= 4 is 17.8 Å². The van der Waals surface area contributed by atoms with Crippen molar-refractivity contribution in [3.05, 3.63) is 0 Å². The number of carboxylic acids is 1. The fourth-order valence-corrected chi connectivity index (χ4v) is 2.47. The molecule has 1 aliphatic heterocycles. The Morgan fingerprint density at radius 1 is 1.05 bits per heavy atom. The first-order valence-corrected chi connectivity index (χ1v) is 6.96. The molecule has 0 radical (unpaired) electrons. The zero-order valence-corrected chi connectivity index (χ0v) is 11.7. The molecule has 1 N–H and O–H groups in total. The summed E-state index contributed by atoms with van der Waals surface area (Å²) in [6.07, 6.45) is 1.94. The van der Waals surface area contributed by atoms with Gasteiger partial charge in [-0.25, -0.2) is 0 Å². The van der Waals surface area contributed by atoms with Crippen LogP contribution in [0, 0.1) is 0 Å². The van der Waals surface area contributed by atoms with Crippen molar-refractivity contribution in [3.8, 4) is 0 Å². The summed E-state index contributed by atoms with van der Waals surface area (Å²) in [6.45, 7) is 3.79. The lowest BCUT2D eigenvalue weighted by molar-refractivity contribution is -0.142. The molecule has 2 fully saturated rings. The average Bonchev–Trinajstić information content (AvgIpc) is 3.21. The monoisotopic (exact) mass is 283 g/mol. The van der Waals surface area contributed by atoms with Crippen LogP contribution >= 0.6 is 0 Å². The molecule has 20 heavy (non-hydrogen) atoms. The third-order valence-corrected chi connectivity index (χ3v) is 3.82. The Labute approximate surface area is 118 Å². The second kappa shape index (κ2) is 6.21. The Kier molecular flexibility index (Phi) is 4.59. The summed E-state index contributed by atoms with van der Waals surface area (Å²) >= 11 is 0. The quantitative estimate of drug-likeness (QED) is 0.716. The topological polar surface area (TPSA) is 81.2 Å². The summed E-state index contributed by atoms with van der Waals surface area (Å²) in [5.41, 5.74) is 0. The van der Waals surface area contributed by atoms with E-state index in [0.29, 0.717) is 26.2 Å². The Morgan fingerprint density at radius 2 is 1.60 bits per heavy atom. The number of hydrogen-bond acceptors (Lipinski definition) is 4. The molecule has 1 saturated heterocycles. The number of carboxylic acid groups (broad SMARTS) is 1. The summed E-state index contributed by atoms with van der Waals surface area (Å²) in [5, 5.41) is 8.87. The van der Waals surface area contributed by atoms with Gasteiger partial charge in [0.15, 0.2) is 0 Å². The maximum atomic E-state index is 12.2. The van der Waals surface area contributed by atoms with Gasteiger partial charge in [0.2, 0.25) is 11.8 Å². The van der Waals surface area contributed by atoms with Crippen LogP contribution in [0.4, 0.5) is 0 Å². The Morgan fingerprint density at radius 3 is 2.05 bits per heavy atom. The minimum atomic E-state index is -0.897. The van der Waals surface area contributed by atoms with Crippen LogP contribution in [0.15, 0.2) is 0 Å². The number of amides is 2. The summed E-state index contributed by atoms with van der Waals surface area (Å²) in [7, 11) is 0. The molecule has 0 aromatic rings. The first kappa shape index (κ1) is 14.8. The van der Waals surface area contributed by atoms with Crippen LogP contribution in [0.2, 0.25) is 0 Å². The van der Waals surface area contributed by atoms with E-state index in [2.05, 4.69) is 0 Å². The van der Waals surface area contributed by atoms with E-state index < -0.39 is 5.97 Å². The molecule has 2 aliphatic rings. The molecule has 2 amide bonds. The molecule has 7 nitrogen and oxygen atoms in total. The predicted octanol–water partition coefficient (Wildman–Crippen LogP) is -0.774. The summed E-state index contributed by atoms with van der Waals surface area (Å²) in [5.74, 6) is -0.907. The van der Waals surface area contributed by atoms with E-state index in [1.165, 1.54) is 6.92 Å². The fraction of sp³-hybridized carbons (Fsp3) is 0.769. The van der Waals surface area contributed by atoms with Gasteiger partial charge in [-0.1, -0.05) is 0 Å². The fourth-order valence-electron chi connectivity index (χ4n) is 2.47. The van der Waals surface area contributed by atoms with Crippen molar-refractivity contribution < 1.29 is 19.5 Å². The highest BCUT2D eigenvalue weighted by Crippen LogP contribution is 2.26. The third-order valence-electron chi connectivity index (χ3n) is 3.82. The van der Waals surface area contributed by atoms with Gasteiger partial charge < -0.3 is 14.9 Å². The van der Waals surface area contributed by atoms with Gasteiger partial charge in [-0.05, 0) is 12.8 Å². The van der Waals surface area contributed by atoms with Gasteiger partial charge in [0.1, 0.15) is 0 Å². The van der Waals surface area contributed by atoms with E-state index >= 15 is 0 Å². The lowest BCUT2D eigenvalue weighted by Crippen LogP contribution is -2.52. The average molecular weight is 283 g/mol. The standard InChI is InChI=1S/C13H21N3O4/c1-10(17)14-4-6-15(7-5-14)12(18)8-16(9-13(19)20)11-2-3-11/h11H,2-9H2,1H3,(H,19,20). The van der Waals surface area contributed by atoms with Crippen molar-refractivity contribution in [3.63, 3.8) is 0 Å². The van der Waals surface area contributed by atoms with Crippen LogP contribution in [-0.2, 0) is 14.4 Å². The van der Waals surface area contributed by atoms with E-state index in [1.807, 2.05) is 0 Å². The van der Waals surface area contributed by atoms with E-state index in [0.717, 1.165) is 12.8 Å². The number of aliphatic carboxylic acids is 1. The molecule has 0 bridgehead atoms. The Bertz CT molecular complexity index is 400. The van der Waals surface area contributed by atoms with Crippen molar-refractivity contribution in [1.29, 1.82) is 0 Å². The highest BCUT2D eigenvalue weighted by molar-refractivity contribution is 5.80. The Balaban J connectivity index is 1.82. The van der Waals surface area contributed by atoms with E-state index in [-0.39, 0.29) is 30.9 Å². The molecule has 1 saturated carbocycles. The largest absolute Gasteiger partial charge is 0.480 e. The lowest BCUT2D eigenvalue weighted by atomic mass is 10.3. The maximum absolute atomic E-state index is 12.2. The first-order chi connectivity index (χ1) is 9.47. The van der Waals surface area contributed by atoms with Crippen LogP contribution in [0.3, 0.4) is 0 Å². The lowest BCUT2D eigenvalue weighted by Gasteiger charge is -2.35. The Hall–Kier alpha value is -1.63. The second-order valence-electron chi connectivity index (χ2n) is 5.42. The number of nitrogens with zero attached hydrogens (tertiary/aromatic N) is 3. The van der Waals surface area contributed by atoms with Crippen LogP contribution in [-0.4, -0.2) is 82.9 Å². The number of carbonyl (C=O) groups is 3. The smallest absolute Gasteiger partial charge is 0.317 e. The number of piperazine rings is 1. The number of rotatable bonds is 5. The highest BCUT2D eigenvalue weighted by Gasteiger charge is 2.33. The predicted molar refractivity (Wildman–Crippen MR) is 71.1 cm³/mol. The molecule has 0 spiro atoms. The minimum absolute atomic E-state index is 0.0302. The van der Waals surface area contributed by atoms with Crippen LogP contribution in [0.25, 0.3) is 0 Å².